The molecule has 0 aromatic heterocycles. The summed E-state index contributed by atoms with van der Waals surface area (Å²) in [5, 5.41) is 0.858. The van der Waals surface area contributed by atoms with Crippen LogP contribution >= 0.6 is 23.2 Å². The summed E-state index contributed by atoms with van der Waals surface area (Å²) in [6, 6.07) is 7.28. The van der Waals surface area contributed by atoms with Crippen LogP contribution in [-0.2, 0) is 0 Å². The molecule has 0 saturated carbocycles. The van der Waals surface area contributed by atoms with E-state index >= 15 is 0 Å². The summed E-state index contributed by atoms with van der Waals surface area (Å²) in [7, 11) is 0. The molecule has 0 amide bonds. The highest BCUT2D eigenvalue weighted by molar-refractivity contribution is 6.34. The Hall–Kier alpha value is -1.65. The lowest BCUT2D eigenvalue weighted by molar-refractivity contribution is 0.319. The standard InChI is InChI=1S/C14H12Cl2FNO2/c1-2-19-13-7-14(12(18)6-11(13)17)20-10-4-8(15)3-9(16)5-10/h3-7H,2,18H2,1H3. The molecule has 2 rings (SSSR count). The minimum atomic E-state index is -0.541. The van der Waals surface area contributed by atoms with Gasteiger partial charge in [0.05, 0.1) is 12.3 Å². The van der Waals surface area contributed by atoms with Crippen LogP contribution in [0.25, 0.3) is 0 Å². The number of ether oxygens (including phenoxy) is 2. The van der Waals surface area contributed by atoms with Crippen molar-refractivity contribution < 1.29 is 13.9 Å². The van der Waals surface area contributed by atoms with Gasteiger partial charge in [-0.25, -0.2) is 4.39 Å². The number of rotatable bonds is 4. The molecule has 0 aliphatic heterocycles. The second-order valence-corrected chi connectivity index (χ2v) is 4.83. The summed E-state index contributed by atoms with van der Waals surface area (Å²) in [6.45, 7) is 2.09. The zero-order valence-corrected chi connectivity index (χ0v) is 12.1. The minimum Gasteiger partial charge on any atom is -0.491 e. The third-order valence-corrected chi connectivity index (χ3v) is 2.86. The zero-order chi connectivity index (χ0) is 14.7. The molecule has 6 heteroatoms. The lowest BCUT2D eigenvalue weighted by Crippen LogP contribution is -1.99. The van der Waals surface area contributed by atoms with Gasteiger partial charge >= 0.3 is 0 Å². The van der Waals surface area contributed by atoms with Crippen LogP contribution in [0.2, 0.25) is 10.0 Å². The summed E-state index contributed by atoms with van der Waals surface area (Å²) in [4.78, 5) is 0. The molecular weight excluding hydrogens is 304 g/mol. The van der Waals surface area contributed by atoms with Gasteiger partial charge in [-0.3, -0.25) is 0 Å². The van der Waals surface area contributed by atoms with Gasteiger partial charge in [0.1, 0.15) is 5.75 Å². The predicted molar refractivity (Wildman–Crippen MR) is 78.5 cm³/mol. The van der Waals surface area contributed by atoms with Gasteiger partial charge in [-0.15, -0.1) is 0 Å². The number of anilines is 1. The van der Waals surface area contributed by atoms with Gasteiger partial charge in [0.15, 0.2) is 17.3 Å². The SMILES string of the molecule is CCOc1cc(Oc2cc(Cl)cc(Cl)c2)c(N)cc1F. The molecule has 106 valence electrons. The molecule has 0 aliphatic rings. The third-order valence-electron chi connectivity index (χ3n) is 2.43. The second kappa shape index (κ2) is 6.20. The van der Waals surface area contributed by atoms with E-state index in [9.17, 15) is 4.39 Å². The fourth-order valence-corrected chi connectivity index (χ4v) is 2.13. The number of nitrogens with two attached hydrogens (primary N) is 1. The number of benzene rings is 2. The molecule has 3 nitrogen and oxygen atoms in total. The maximum Gasteiger partial charge on any atom is 0.167 e. The minimum absolute atomic E-state index is 0.0739. The zero-order valence-electron chi connectivity index (χ0n) is 10.6. The second-order valence-electron chi connectivity index (χ2n) is 3.96. The molecule has 0 bridgehead atoms. The molecule has 0 unspecified atom stereocenters. The van der Waals surface area contributed by atoms with Gasteiger partial charge in [0.2, 0.25) is 0 Å². The van der Waals surface area contributed by atoms with Crippen LogP contribution in [-0.4, -0.2) is 6.61 Å². The van der Waals surface area contributed by atoms with Crippen molar-refractivity contribution in [2.45, 2.75) is 6.92 Å². The number of halogens is 3. The van der Waals surface area contributed by atoms with Crippen molar-refractivity contribution in [1.29, 1.82) is 0 Å². The van der Waals surface area contributed by atoms with Crippen molar-refractivity contribution in [3.63, 3.8) is 0 Å². The van der Waals surface area contributed by atoms with Gasteiger partial charge in [-0.05, 0) is 25.1 Å². The number of hydrogen-bond acceptors (Lipinski definition) is 3. The van der Waals surface area contributed by atoms with Gasteiger partial charge in [-0.1, -0.05) is 23.2 Å². The molecule has 0 aliphatic carbocycles. The van der Waals surface area contributed by atoms with Crippen LogP contribution in [0.5, 0.6) is 17.2 Å². The Morgan fingerprint density at radius 1 is 1.05 bits per heavy atom. The molecular formula is C14H12Cl2FNO2. The van der Waals surface area contributed by atoms with Crippen LogP contribution in [0.3, 0.4) is 0 Å². The van der Waals surface area contributed by atoms with Gasteiger partial charge in [0, 0.05) is 22.2 Å². The molecule has 20 heavy (non-hydrogen) atoms. The topological polar surface area (TPSA) is 44.5 Å². The molecule has 2 N–H and O–H groups in total. The van der Waals surface area contributed by atoms with Crippen molar-refractivity contribution in [3.05, 3.63) is 46.2 Å². The quantitative estimate of drug-likeness (QED) is 0.816. The molecule has 2 aromatic rings. The summed E-state index contributed by atoms with van der Waals surface area (Å²) in [5.41, 5.74) is 5.88. The molecule has 0 heterocycles. The van der Waals surface area contributed by atoms with E-state index in [2.05, 4.69) is 0 Å². The first kappa shape index (κ1) is 14.8. The molecule has 0 spiro atoms. The van der Waals surface area contributed by atoms with Crippen LogP contribution < -0.4 is 15.2 Å². The Bertz CT molecular complexity index is 615. The smallest absolute Gasteiger partial charge is 0.167 e. The van der Waals surface area contributed by atoms with Crippen LogP contribution in [0.15, 0.2) is 30.3 Å². The van der Waals surface area contributed by atoms with E-state index in [-0.39, 0.29) is 17.2 Å². The normalized spacial score (nSPS) is 10.4. The fraction of sp³-hybridized carbons (Fsp3) is 0.143. The highest BCUT2D eigenvalue weighted by Crippen LogP contribution is 2.35. The highest BCUT2D eigenvalue weighted by atomic mass is 35.5. The van der Waals surface area contributed by atoms with Crippen LogP contribution in [0.1, 0.15) is 6.92 Å². The summed E-state index contributed by atoms with van der Waals surface area (Å²) in [6.07, 6.45) is 0. The summed E-state index contributed by atoms with van der Waals surface area (Å²) >= 11 is 11.8. The lowest BCUT2D eigenvalue weighted by Gasteiger charge is -2.12. The lowest BCUT2D eigenvalue weighted by atomic mass is 10.2. The first-order valence-corrected chi connectivity index (χ1v) is 6.61. The largest absolute Gasteiger partial charge is 0.491 e. The van der Waals surface area contributed by atoms with E-state index in [1.807, 2.05) is 0 Å². The molecule has 0 radical (unpaired) electrons. The first-order valence-electron chi connectivity index (χ1n) is 5.85. The third kappa shape index (κ3) is 3.46. The first-order chi connectivity index (χ1) is 9.49. The van der Waals surface area contributed by atoms with E-state index in [1.165, 1.54) is 6.07 Å². The van der Waals surface area contributed by atoms with Crippen molar-refractivity contribution in [2.24, 2.45) is 0 Å². The van der Waals surface area contributed by atoms with Crippen molar-refractivity contribution >= 4 is 28.9 Å². The Labute approximate surface area is 126 Å². The highest BCUT2D eigenvalue weighted by Gasteiger charge is 2.11. The van der Waals surface area contributed by atoms with E-state index in [0.717, 1.165) is 6.07 Å². The summed E-state index contributed by atoms with van der Waals surface area (Å²) in [5.74, 6) is 0.210. The van der Waals surface area contributed by atoms with Crippen LogP contribution in [0, 0.1) is 5.82 Å². The van der Waals surface area contributed by atoms with Gasteiger partial charge < -0.3 is 15.2 Å². The van der Waals surface area contributed by atoms with Gasteiger partial charge in [0.25, 0.3) is 0 Å². The summed E-state index contributed by atoms with van der Waals surface area (Å²) < 4.78 is 24.3. The fourth-order valence-electron chi connectivity index (χ4n) is 1.62. The monoisotopic (exact) mass is 315 g/mol. The van der Waals surface area contributed by atoms with Crippen molar-refractivity contribution in [2.75, 3.05) is 12.3 Å². The average Bonchev–Trinajstić information content (AvgIpc) is 2.34. The maximum absolute atomic E-state index is 13.6. The average molecular weight is 316 g/mol. The maximum atomic E-state index is 13.6. The van der Waals surface area contributed by atoms with E-state index in [1.54, 1.807) is 25.1 Å². The Morgan fingerprint density at radius 3 is 2.30 bits per heavy atom. The Balaban J connectivity index is 2.34. The van der Waals surface area contributed by atoms with Gasteiger partial charge in [-0.2, -0.15) is 0 Å². The van der Waals surface area contributed by atoms with E-state index in [4.69, 9.17) is 38.4 Å². The number of nitrogen functional groups attached to an aromatic ring is 1. The predicted octanol–water partition coefficient (Wildman–Crippen LogP) is 4.91. The Morgan fingerprint density at radius 2 is 1.70 bits per heavy atom. The molecule has 0 fully saturated rings. The molecule has 0 saturated heterocycles. The van der Waals surface area contributed by atoms with E-state index in [0.29, 0.717) is 22.4 Å². The van der Waals surface area contributed by atoms with Crippen molar-refractivity contribution in [1.82, 2.24) is 0 Å². The molecule has 2 aromatic carbocycles. The Kier molecular flexibility index (Phi) is 4.57. The van der Waals surface area contributed by atoms with Crippen LogP contribution in [0.4, 0.5) is 10.1 Å². The van der Waals surface area contributed by atoms with E-state index < -0.39 is 5.82 Å². The van der Waals surface area contributed by atoms with Crippen molar-refractivity contribution in [3.8, 4) is 17.2 Å². The number of hydrogen-bond donors (Lipinski definition) is 1. The molecule has 0 atom stereocenters.